The topological polar surface area (TPSA) is 68.2 Å². The Labute approximate surface area is 169 Å². The highest BCUT2D eigenvalue weighted by molar-refractivity contribution is 5.89. The molecule has 0 spiro atoms. The Bertz CT molecular complexity index is 1060. The van der Waals surface area contributed by atoms with Gasteiger partial charge in [-0.05, 0) is 50.2 Å². The Kier molecular flexibility index (Phi) is 6.99. The number of rotatable bonds is 3. The van der Waals surface area contributed by atoms with Gasteiger partial charge in [-0.25, -0.2) is 13.6 Å². The summed E-state index contributed by atoms with van der Waals surface area (Å²) in [7, 11) is 0. The number of alkyl halides is 3. The van der Waals surface area contributed by atoms with Crippen LogP contribution in [0.1, 0.15) is 32.9 Å². The van der Waals surface area contributed by atoms with E-state index >= 15 is 0 Å². The van der Waals surface area contributed by atoms with Gasteiger partial charge < -0.3 is 15.4 Å². The summed E-state index contributed by atoms with van der Waals surface area (Å²) >= 11 is 0. The molecule has 4 nitrogen and oxygen atoms in total. The van der Waals surface area contributed by atoms with Gasteiger partial charge in [0.05, 0.1) is 16.8 Å². The van der Waals surface area contributed by atoms with Gasteiger partial charge in [-0.3, -0.25) is 0 Å². The number of aromatic nitrogens is 1. The largest absolute Gasteiger partial charge is 0.478 e. The predicted molar refractivity (Wildman–Crippen MR) is 101 cm³/mol. The van der Waals surface area contributed by atoms with Gasteiger partial charge >= 0.3 is 12.1 Å². The number of para-hydroxylation sites is 1. The average molecular weight is 426 g/mol. The van der Waals surface area contributed by atoms with Crippen LogP contribution in [0.4, 0.5) is 22.0 Å². The first-order valence-electron chi connectivity index (χ1n) is 8.70. The summed E-state index contributed by atoms with van der Waals surface area (Å²) < 4.78 is 65.2. The predicted octanol–water partition coefficient (Wildman–Crippen LogP) is 5.23. The minimum absolute atomic E-state index is 0.000484. The van der Waals surface area contributed by atoms with E-state index < -0.39 is 29.3 Å². The number of hydrogen-bond acceptors (Lipinski definition) is 2. The van der Waals surface area contributed by atoms with Crippen LogP contribution in [0.15, 0.2) is 48.5 Å². The molecule has 0 amide bonds. The van der Waals surface area contributed by atoms with Crippen LogP contribution in [-0.4, -0.2) is 15.6 Å². The van der Waals surface area contributed by atoms with Crippen molar-refractivity contribution < 1.29 is 31.9 Å². The van der Waals surface area contributed by atoms with E-state index in [2.05, 4.69) is 0 Å². The summed E-state index contributed by atoms with van der Waals surface area (Å²) in [6, 6.07) is 9.69. The van der Waals surface area contributed by atoms with Gasteiger partial charge in [0.25, 0.3) is 0 Å². The molecule has 0 aliphatic carbocycles. The molecule has 0 radical (unpaired) electrons. The summed E-state index contributed by atoms with van der Waals surface area (Å²) in [4.78, 5) is 11.1. The van der Waals surface area contributed by atoms with E-state index in [0.717, 1.165) is 24.3 Å². The lowest BCUT2D eigenvalue weighted by atomic mass is 10.1. The molecule has 0 aliphatic heterocycles. The van der Waals surface area contributed by atoms with Crippen molar-refractivity contribution in [1.82, 2.24) is 4.57 Å². The molecular weight excluding hydrogens is 407 g/mol. The third kappa shape index (κ3) is 5.04. The number of carbonyl (C=O) groups is 1. The van der Waals surface area contributed by atoms with Crippen LogP contribution in [0.5, 0.6) is 0 Å². The van der Waals surface area contributed by atoms with Crippen LogP contribution < -0.4 is 5.73 Å². The molecule has 160 valence electrons. The van der Waals surface area contributed by atoms with Gasteiger partial charge in [0, 0.05) is 23.5 Å². The fourth-order valence-electron chi connectivity index (χ4n) is 2.96. The second kappa shape index (κ2) is 9.08. The first-order chi connectivity index (χ1) is 14.0. The highest BCUT2D eigenvalue weighted by atomic mass is 19.4. The molecule has 30 heavy (non-hydrogen) atoms. The number of halogens is 5. The van der Waals surface area contributed by atoms with Gasteiger partial charge in [-0.15, -0.1) is 0 Å². The van der Waals surface area contributed by atoms with Crippen LogP contribution >= 0.6 is 0 Å². The summed E-state index contributed by atoms with van der Waals surface area (Å²) in [5.74, 6) is -2.07. The molecule has 1 heterocycles. The minimum Gasteiger partial charge on any atom is -0.478 e. The second-order valence-electron chi connectivity index (χ2n) is 6.38. The molecule has 0 aliphatic rings. The van der Waals surface area contributed by atoms with E-state index in [1.54, 1.807) is 6.92 Å². The van der Waals surface area contributed by atoms with Crippen molar-refractivity contribution in [3.8, 4) is 5.69 Å². The molecule has 0 saturated carbocycles. The fourth-order valence-corrected chi connectivity index (χ4v) is 2.96. The third-order valence-corrected chi connectivity index (χ3v) is 4.34. The van der Waals surface area contributed by atoms with E-state index in [1.807, 2.05) is 0 Å². The maximum Gasteiger partial charge on any atom is 0.418 e. The molecule has 0 saturated heterocycles. The second-order valence-corrected chi connectivity index (χ2v) is 6.38. The normalized spacial score (nSPS) is 11.1. The number of carboxylic acid groups (broad SMARTS) is 1. The van der Waals surface area contributed by atoms with Gasteiger partial charge in [0.15, 0.2) is 0 Å². The molecule has 0 unspecified atom stereocenters. The molecule has 3 N–H and O–H groups in total. The molecule has 9 heteroatoms. The van der Waals surface area contributed by atoms with Crippen molar-refractivity contribution in [1.29, 1.82) is 0 Å². The fraction of sp³-hybridized carbons (Fsp3) is 0.190. The first-order valence-corrected chi connectivity index (χ1v) is 8.70. The van der Waals surface area contributed by atoms with Crippen molar-refractivity contribution >= 4 is 5.97 Å². The van der Waals surface area contributed by atoms with Gasteiger partial charge in [-0.2, -0.15) is 13.2 Å². The van der Waals surface area contributed by atoms with Crippen LogP contribution in [0.2, 0.25) is 0 Å². The number of nitrogens with two attached hydrogens (primary N) is 1. The van der Waals surface area contributed by atoms with Crippen LogP contribution in [0, 0.1) is 25.5 Å². The zero-order valence-corrected chi connectivity index (χ0v) is 16.1. The molecule has 0 fully saturated rings. The van der Waals surface area contributed by atoms with E-state index in [0.29, 0.717) is 5.69 Å². The van der Waals surface area contributed by atoms with E-state index in [4.69, 9.17) is 10.8 Å². The van der Waals surface area contributed by atoms with Gasteiger partial charge in [0.2, 0.25) is 0 Å². The van der Waals surface area contributed by atoms with E-state index in [1.165, 1.54) is 35.8 Å². The summed E-state index contributed by atoms with van der Waals surface area (Å²) in [5, 5.41) is 9.04. The van der Waals surface area contributed by atoms with E-state index in [9.17, 15) is 26.7 Å². The Hall–Kier alpha value is -3.20. The Morgan fingerprint density at radius 2 is 1.70 bits per heavy atom. The van der Waals surface area contributed by atoms with Crippen molar-refractivity contribution in [2.75, 3.05) is 0 Å². The summed E-state index contributed by atoms with van der Waals surface area (Å²) in [6.07, 6.45) is -4.50. The molecule has 3 aromatic rings. The zero-order valence-electron chi connectivity index (χ0n) is 16.1. The maximum atomic E-state index is 13.0. The maximum absolute atomic E-state index is 13.0. The lowest BCUT2D eigenvalue weighted by Gasteiger charge is -2.16. The number of benzene rings is 2. The molecule has 2 aromatic carbocycles. The minimum atomic E-state index is -4.50. The molecule has 3 rings (SSSR count). The van der Waals surface area contributed by atoms with Crippen LogP contribution in [-0.2, 0) is 12.7 Å². The van der Waals surface area contributed by atoms with Crippen molar-refractivity contribution in [3.63, 3.8) is 0 Å². The Balaban J connectivity index is 0.000000269. The molecule has 0 atom stereocenters. The highest BCUT2D eigenvalue weighted by Gasteiger charge is 2.34. The molecule has 1 aromatic heterocycles. The standard InChI is InChI=1S/C14H12F3NO2.C7H7F2N/c1-8-7-10(13(19)20)9(2)18(8)12-6-4-3-5-11(12)14(15,16)17;8-6-1-2-7(9)5(3-6)4-10/h3-7H,1-2H3,(H,19,20);1-3H,4,10H2. The lowest BCUT2D eigenvalue weighted by Crippen LogP contribution is -2.12. The molecular formula is C21H19F5N2O2. The van der Waals surface area contributed by atoms with Crippen molar-refractivity contribution in [3.05, 3.63) is 88.2 Å². The first kappa shape index (κ1) is 23.1. The van der Waals surface area contributed by atoms with E-state index in [-0.39, 0.29) is 29.1 Å². The van der Waals surface area contributed by atoms with Gasteiger partial charge in [-0.1, -0.05) is 12.1 Å². The van der Waals surface area contributed by atoms with Crippen LogP contribution in [0.25, 0.3) is 5.69 Å². The Morgan fingerprint density at radius 3 is 2.20 bits per heavy atom. The van der Waals surface area contributed by atoms with Crippen molar-refractivity contribution in [2.24, 2.45) is 5.73 Å². The quantitative estimate of drug-likeness (QED) is 0.564. The van der Waals surface area contributed by atoms with Crippen molar-refractivity contribution in [2.45, 2.75) is 26.6 Å². The lowest BCUT2D eigenvalue weighted by molar-refractivity contribution is -0.137. The number of aryl methyl sites for hydroxylation is 1. The SMILES string of the molecule is Cc1cc(C(=O)O)c(C)n1-c1ccccc1C(F)(F)F.NCc1cc(F)ccc1F. The number of carboxylic acids is 1. The monoisotopic (exact) mass is 426 g/mol. The number of aromatic carboxylic acids is 1. The summed E-state index contributed by atoms with van der Waals surface area (Å²) in [6.45, 7) is 3.10. The molecule has 0 bridgehead atoms. The van der Waals surface area contributed by atoms with Crippen LogP contribution in [0.3, 0.4) is 0 Å². The zero-order chi connectivity index (χ0) is 22.6. The highest BCUT2D eigenvalue weighted by Crippen LogP contribution is 2.35. The number of hydrogen-bond donors (Lipinski definition) is 2. The third-order valence-electron chi connectivity index (χ3n) is 4.34. The van der Waals surface area contributed by atoms with Gasteiger partial charge in [0.1, 0.15) is 11.6 Å². The number of nitrogens with zero attached hydrogens (tertiary/aromatic N) is 1. The summed E-state index contributed by atoms with van der Waals surface area (Å²) in [5.41, 5.74) is 5.17. The smallest absolute Gasteiger partial charge is 0.418 e. The Morgan fingerprint density at radius 1 is 1.07 bits per heavy atom. The average Bonchev–Trinajstić information content (AvgIpc) is 2.98.